The summed E-state index contributed by atoms with van der Waals surface area (Å²) < 4.78 is 16.5. The standard InChI is InChI=1S/C19H17FN6O/c1-12-5-6-15(9-16(12)20)22-17-8-13(2)26-18(23-17)24-25(19(26)27)11-14-4-3-7-21-10-14/h3-10H,11H2,1-2H3,(H,22,23,24). The molecular weight excluding hydrogens is 347 g/mol. The second kappa shape index (κ2) is 6.64. The van der Waals surface area contributed by atoms with Crippen molar-refractivity contribution in [3.05, 3.63) is 81.9 Å². The molecule has 4 rings (SSSR count). The predicted molar refractivity (Wildman–Crippen MR) is 99.7 cm³/mol. The van der Waals surface area contributed by atoms with Crippen molar-refractivity contribution in [1.29, 1.82) is 0 Å². The molecule has 27 heavy (non-hydrogen) atoms. The quantitative estimate of drug-likeness (QED) is 0.603. The molecule has 1 aromatic carbocycles. The normalized spacial score (nSPS) is 11.1. The van der Waals surface area contributed by atoms with E-state index in [4.69, 9.17) is 0 Å². The highest BCUT2D eigenvalue weighted by molar-refractivity contribution is 5.58. The number of halogens is 1. The maximum atomic E-state index is 13.8. The van der Waals surface area contributed by atoms with E-state index in [2.05, 4.69) is 20.4 Å². The lowest BCUT2D eigenvalue weighted by molar-refractivity contribution is 0.619. The first-order valence-electron chi connectivity index (χ1n) is 8.40. The molecular formula is C19H17FN6O. The average Bonchev–Trinajstić information content (AvgIpc) is 2.95. The lowest BCUT2D eigenvalue weighted by atomic mass is 10.2. The van der Waals surface area contributed by atoms with Crippen LogP contribution in [0, 0.1) is 19.7 Å². The van der Waals surface area contributed by atoms with E-state index in [0.717, 1.165) is 5.56 Å². The summed E-state index contributed by atoms with van der Waals surface area (Å²) >= 11 is 0. The van der Waals surface area contributed by atoms with Gasteiger partial charge in [0, 0.05) is 29.8 Å². The van der Waals surface area contributed by atoms with Gasteiger partial charge < -0.3 is 5.32 Å². The molecule has 0 unspecified atom stereocenters. The molecule has 0 aliphatic carbocycles. The first-order valence-corrected chi connectivity index (χ1v) is 8.40. The highest BCUT2D eigenvalue weighted by atomic mass is 19.1. The summed E-state index contributed by atoms with van der Waals surface area (Å²) in [6, 6.07) is 10.3. The fourth-order valence-electron chi connectivity index (χ4n) is 2.83. The third-order valence-electron chi connectivity index (χ3n) is 4.24. The molecule has 3 aromatic heterocycles. The number of aromatic nitrogens is 5. The Morgan fingerprint density at radius 3 is 2.78 bits per heavy atom. The van der Waals surface area contributed by atoms with Crippen LogP contribution in [0.5, 0.6) is 0 Å². The van der Waals surface area contributed by atoms with Gasteiger partial charge in [-0.15, -0.1) is 5.10 Å². The van der Waals surface area contributed by atoms with Gasteiger partial charge in [0.15, 0.2) is 0 Å². The van der Waals surface area contributed by atoms with E-state index in [-0.39, 0.29) is 17.3 Å². The number of nitrogens with one attached hydrogen (secondary N) is 1. The summed E-state index contributed by atoms with van der Waals surface area (Å²) in [4.78, 5) is 21.1. The van der Waals surface area contributed by atoms with Gasteiger partial charge in [-0.25, -0.2) is 18.3 Å². The minimum atomic E-state index is -0.297. The van der Waals surface area contributed by atoms with Crippen molar-refractivity contribution in [3.8, 4) is 0 Å². The fourth-order valence-corrected chi connectivity index (χ4v) is 2.83. The van der Waals surface area contributed by atoms with E-state index in [1.54, 1.807) is 44.4 Å². The van der Waals surface area contributed by atoms with Crippen LogP contribution in [-0.4, -0.2) is 24.1 Å². The van der Waals surface area contributed by atoms with E-state index in [0.29, 0.717) is 29.3 Å². The van der Waals surface area contributed by atoms with E-state index in [1.807, 2.05) is 12.1 Å². The second-order valence-corrected chi connectivity index (χ2v) is 6.31. The average molecular weight is 364 g/mol. The highest BCUT2D eigenvalue weighted by Gasteiger charge is 2.12. The zero-order chi connectivity index (χ0) is 19.0. The van der Waals surface area contributed by atoms with Crippen LogP contribution in [0.4, 0.5) is 15.9 Å². The Bertz CT molecular complexity index is 1180. The van der Waals surface area contributed by atoms with Crippen LogP contribution in [-0.2, 0) is 6.54 Å². The Morgan fingerprint density at radius 1 is 1.19 bits per heavy atom. The molecule has 0 bridgehead atoms. The van der Waals surface area contributed by atoms with Gasteiger partial charge in [0.05, 0.1) is 6.54 Å². The molecule has 4 aromatic rings. The number of rotatable bonds is 4. The Labute approximate surface area is 154 Å². The van der Waals surface area contributed by atoms with E-state index in [1.165, 1.54) is 15.1 Å². The SMILES string of the molecule is Cc1ccc(Nc2cc(C)n3c(=O)n(Cc4cccnc4)nc3n2)cc1F. The largest absolute Gasteiger partial charge is 0.352 e. The van der Waals surface area contributed by atoms with Gasteiger partial charge in [0.1, 0.15) is 11.6 Å². The lowest BCUT2D eigenvalue weighted by Crippen LogP contribution is -2.22. The summed E-state index contributed by atoms with van der Waals surface area (Å²) in [5.41, 5.74) is 2.42. The number of nitrogens with zero attached hydrogens (tertiary/aromatic N) is 5. The van der Waals surface area contributed by atoms with Crippen molar-refractivity contribution in [1.82, 2.24) is 24.1 Å². The maximum absolute atomic E-state index is 13.8. The van der Waals surface area contributed by atoms with Gasteiger partial charge in [-0.2, -0.15) is 4.98 Å². The summed E-state index contributed by atoms with van der Waals surface area (Å²) in [5, 5.41) is 7.37. The van der Waals surface area contributed by atoms with Crippen molar-refractivity contribution in [2.24, 2.45) is 0 Å². The van der Waals surface area contributed by atoms with Crippen LogP contribution in [0.15, 0.2) is 53.6 Å². The molecule has 0 atom stereocenters. The molecule has 3 heterocycles. The topological polar surface area (TPSA) is 77.1 Å². The van der Waals surface area contributed by atoms with Crippen LogP contribution < -0.4 is 11.0 Å². The molecule has 0 fully saturated rings. The summed E-state index contributed by atoms with van der Waals surface area (Å²) in [7, 11) is 0. The van der Waals surface area contributed by atoms with Gasteiger partial charge in [-0.05, 0) is 43.2 Å². The number of benzene rings is 1. The van der Waals surface area contributed by atoms with E-state index >= 15 is 0 Å². The van der Waals surface area contributed by atoms with Crippen LogP contribution in [0.3, 0.4) is 0 Å². The Morgan fingerprint density at radius 2 is 2.04 bits per heavy atom. The predicted octanol–water partition coefficient (Wildman–Crippen LogP) is 2.83. The Hall–Kier alpha value is -3.55. The minimum Gasteiger partial charge on any atom is -0.340 e. The number of fused-ring (bicyclic) bond motifs is 1. The minimum absolute atomic E-state index is 0.271. The molecule has 1 N–H and O–H groups in total. The van der Waals surface area contributed by atoms with Crippen molar-refractivity contribution in [2.45, 2.75) is 20.4 Å². The molecule has 0 amide bonds. The maximum Gasteiger partial charge on any atom is 0.352 e. The smallest absolute Gasteiger partial charge is 0.340 e. The molecule has 0 aliphatic heterocycles. The van der Waals surface area contributed by atoms with Crippen LogP contribution in [0.25, 0.3) is 5.78 Å². The molecule has 7 nitrogen and oxygen atoms in total. The third-order valence-corrected chi connectivity index (χ3v) is 4.24. The number of anilines is 2. The molecule has 0 saturated heterocycles. The first kappa shape index (κ1) is 16.9. The molecule has 136 valence electrons. The molecule has 8 heteroatoms. The number of pyridine rings is 1. The molecule has 0 aliphatic rings. The number of hydrogen-bond donors (Lipinski definition) is 1. The number of hydrogen-bond acceptors (Lipinski definition) is 5. The lowest BCUT2D eigenvalue weighted by Gasteiger charge is -2.08. The fraction of sp³-hybridized carbons (Fsp3) is 0.158. The Balaban J connectivity index is 1.70. The van der Waals surface area contributed by atoms with Crippen LogP contribution >= 0.6 is 0 Å². The van der Waals surface area contributed by atoms with Crippen molar-refractivity contribution >= 4 is 17.3 Å². The van der Waals surface area contributed by atoms with Crippen molar-refractivity contribution in [3.63, 3.8) is 0 Å². The highest BCUT2D eigenvalue weighted by Crippen LogP contribution is 2.19. The first-order chi connectivity index (χ1) is 13.0. The van der Waals surface area contributed by atoms with Crippen molar-refractivity contribution in [2.75, 3.05) is 5.32 Å². The zero-order valence-corrected chi connectivity index (χ0v) is 14.8. The van der Waals surface area contributed by atoms with Crippen LogP contribution in [0.1, 0.15) is 16.8 Å². The number of aryl methyl sites for hydroxylation is 2. The molecule has 0 saturated carbocycles. The molecule has 0 spiro atoms. The molecule has 0 radical (unpaired) electrons. The van der Waals surface area contributed by atoms with Gasteiger partial charge >= 0.3 is 5.69 Å². The van der Waals surface area contributed by atoms with Crippen molar-refractivity contribution < 1.29 is 4.39 Å². The van der Waals surface area contributed by atoms with Gasteiger partial charge in [-0.3, -0.25) is 4.98 Å². The van der Waals surface area contributed by atoms with Gasteiger partial charge in [0.25, 0.3) is 5.78 Å². The van der Waals surface area contributed by atoms with Gasteiger partial charge in [-0.1, -0.05) is 12.1 Å². The summed E-state index contributed by atoms with van der Waals surface area (Å²) in [5.74, 6) is 0.468. The third kappa shape index (κ3) is 3.29. The van der Waals surface area contributed by atoms with Gasteiger partial charge in [0.2, 0.25) is 0 Å². The monoisotopic (exact) mass is 364 g/mol. The Kier molecular flexibility index (Phi) is 4.15. The zero-order valence-electron chi connectivity index (χ0n) is 14.8. The summed E-state index contributed by atoms with van der Waals surface area (Å²) in [6.45, 7) is 3.81. The summed E-state index contributed by atoms with van der Waals surface area (Å²) in [6.07, 6.45) is 3.36. The van der Waals surface area contributed by atoms with E-state index in [9.17, 15) is 9.18 Å². The van der Waals surface area contributed by atoms with E-state index < -0.39 is 0 Å². The second-order valence-electron chi connectivity index (χ2n) is 6.31. The van der Waals surface area contributed by atoms with Crippen LogP contribution in [0.2, 0.25) is 0 Å².